The molecule has 1 aliphatic rings. The first-order chi connectivity index (χ1) is 8.12. The lowest BCUT2D eigenvalue weighted by Gasteiger charge is -2.22. The number of carbonyl (C=O) groups excluding carboxylic acids is 1. The lowest BCUT2D eigenvalue weighted by Crippen LogP contribution is -2.51. The Morgan fingerprint density at radius 2 is 2.53 bits per heavy atom. The Labute approximate surface area is 102 Å². The molecule has 0 saturated carbocycles. The van der Waals surface area contributed by atoms with E-state index in [1.54, 1.807) is 6.20 Å². The number of rotatable bonds is 4. The zero-order chi connectivity index (χ0) is 12.3. The van der Waals surface area contributed by atoms with E-state index in [0.717, 1.165) is 31.6 Å². The molecule has 1 aromatic heterocycles. The van der Waals surface area contributed by atoms with Gasteiger partial charge < -0.3 is 15.2 Å². The molecule has 0 spiro atoms. The number of amides is 1. The van der Waals surface area contributed by atoms with Crippen LogP contribution in [0.2, 0.25) is 0 Å². The number of nitrogens with one attached hydrogen (secondary N) is 2. The summed E-state index contributed by atoms with van der Waals surface area (Å²) in [6, 6.07) is 0. The Hall–Kier alpha value is -1.36. The van der Waals surface area contributed by atoms with Gasteiger partial charge in [-0.25, -0.2) is 4.98 Å². The van der Waals surface area contributed by atoms with Gasteiger partial charge in [-0.15, -0.1) is 0 Å². The monoisotopic (exact) mass is 236 g/mol. The second-order valence-electron chi connectivity index (χ2n) is 4.82. The van der Waals surface area contributed by atoms with Crippen molar-refractivity contribution in [3.63, 3.8) is 0 Å². The number of carbonyl (C=O) groups is 1. The van der Waals surface area contributed by atoms with Crippen molar-refractivity contribution in [2.45, 2.75) is 31.7 Å². The van der Waals surface area contributed by atoms with E-state index in [4.69, 9.17) is 0 Å². The molecule has 1 fully saturated rings. The fraction of sp³-hybridized carbons (Fsp3) is 0.667. The standard InChI is InChI=1S/C12H20N4O/c1-12(5-3-6-15-12)11(17)14-7-4-10-13-8-9-16(10)2/h8-9,15H,3-7H2,1-2H3,(H,14,17). The van der Waals surface area contributed by atoms with E-state index in [0.29, 0.717) is 6.54 Å². The van der Waals surface area contributed by atoms with Crippen molar-refractivity contribution in [3.8, 4) is 0 Å². The van der Waals surface area contributed by atoms with Crippen LogP contribution in [0.4, 0.5) is 0 Å². The average Bonchev–Trinajstić information content (AvgIpc) is 2.89. The first-order valence-electron chi connectivity index (χ1n) is 6.11. The number of aromatic nitrogens is 2. The van der Waals surface area contributed by atoms with Crippen molar-refractivity contribution in [2.75, 3.05) is 13.1 Å². The average molecular weight is 236 g/mol. The topological polar surface area (TPSA) is 59.0 Å². The molecule has 1 saturated heterocycles. The van der Waals surface area contributed by atoms with Crippen LogP contribution in [0.5, 0.6) is 0 Å². The largest absolute Gasteiger partial charge is 0.354 e. The van der Waals surface area contributed by atoms with Crippen LogP contribution in [-0.2, 0) is 18.3 Å². The zero-order valence-electron chi connectivity index (χ0n) is 10.5. The first kappa shape index (κ1) is 12.1. The zero-order valence-corrected chi connectivity index (χ0v) is 10.5. The Morgan fingerprint density at radius 1 is 1.71 bits per heavy atom. The molecule has 1 atom stereocenters. The molecule has 0 radical (unpaired) electrons. The highest BCUT2D eigenvalue weighted by Crippen LogP contribution is 2.18. The lowest BCUT2D eigenvalue weighted by atomic mass is 9.99. The van der Waals surface area contributed by atoms with Crippen LogP contribution in [0.1, 0.15) is 25.6 Å². The summed E-state index contributed by atoms with van der Waals surface area (Å²) >= 11 is 0. The molecule has 1 amide bonds. The molecular weight excluding hydrogens is 216 g/mol. The quantitative estimate of drug-likeness (QED) is 0.786. The molecular formula is C12H20N4O. The molecule has 17 heavy (non-hydrogen) atoms. The predicted octanol–water partition coefficient (Wildman–Crippen LogP) is 0.221. The van der Waals surface area contributed by atoms with Gasteiger partial charge in [-0.2, -0.15) is 0 Å². The maximum Gasteiger partial charge on any atom is 0.240 e. The van der Waals surface area contributed by atoms with Crippen molar-refractivity contribution in [1.29, 1.82) is 0 Å². The number of hydrogen-bond donors (Lipinski definition) is 2. The van der Waals surface area contributed by atoms with Gasteiger partial charge in [0.15, 0.2) is 0 Å². The van der Waals surface area contributed by atoms with Crippen LogP contribution in [0.3, 0.4) is 0 Å². The van der Waals surface area contributed by atoms with Crippen LogP contribution in [0.25, 0.3) is 0 Å². The number of aryl methyl sites for hydroxylation is 1. The van der Waals surface area contributed by atoms with E-state index in [1.807, 2.05) is 24.7 Å². The summed E-state index contributed by atoms with van der Waals surface area (Å²) in [6.07, 6.45) is 6.45. The van der Waals surface area contributed by atoms with E-state index in [2.05, 4.69) is 15.6 Å². The highest BCUT2D eigenvalue weighted by molar-refractivity contribution is 5.86. The SMILES string of the molecule is Cn1ccnc1CCNC(=O)C1(C)CCCN1. The summed E-state index contributed by atoms with van der Waals surface area (Å²) in [5, 5.41) is 6.23. The third kappa shape index (κ3) is 2.66. The van der Waals surface area contributed by atoms with E-state index < -0.39 is 0 Å². The summed E-state index contributed by atoms with van der Waals surface area (Å²) < 4.78 is 1.97. The molecule has 5 nitrogen and oxygen atoms in total. The normalized spacial score (nSPS) is 23.9. The van der Waals surface area contributed by atoms with E-state index in [1.165, 1.54) is 0 Å². The van der Waals surface area contributed by atoms with Crippen LogP contribution in [0, 0.1) is 0 Å². The van der Waals surface area contributed by atoms with E-state index in [-0.39, 0.29) is 11.4 Å². The van der Waals surface area contributed by atoms with Crippen LogP contribution < -0.4 is 10.6 Å². The number of nitrogens with zero attached hydrogens (tertiary/aromatic N) is 2. The van der Waals surface area contributed by atoms with Crippen molar-refractivity contribution in [3.05, 3.63) is 18.2 Å². The molecule has 0 aromatic carbocycles. The lowest BCUT2D eigenvalue weighted by molar-refractivity contribution is -0.126. The fourth-order valence-corrected chi connectivity index (χ4v) is 2.21. The minimum Gasteiger partial charge on any atom is -0.354 e. The molecule has 0 aliphatic carbocycles. The maximum atomic E-state index is 12.0. The van der Waals surface area contributed by atoms with Crippen molar-refractivity contribution in [1.82, 2.24) is 20.2 Å². The molecule has 2 heterocycles. The summed E-state index contributed by atoms with van der Waals surface area (Å²) in [4.78, 5) is 16.2. The smallest absolute Gasteiger partial charge is 0.240 e. The Balaban J connectivity index is 1.79. The highest BCUT2D eigenvalue weighted by atomic mass is 16.2. The Morgan fingerprint density at radius 3 is 3.12 bits per heavy atom. The fourth-order valence-electron chi connectivity index (χ4n) is 2.21. The molecule has 2 rings (SSSR count). The minimum absolute atomic E-state index is 0.101. The van der Waals surface area contributed by atoms with E-state index >= 15 is 0 Å². The van der Waals surface area contributed by atoms with Gasteiger partial charge in [0.05, 0.1) is 5.54 Å². The Bertz CT molecular complexity index is 393. The Kier molecular flexibility index (Phi) is 3.47. The summed E-state index contributed by atoms with van der Waals surface area (Å²) in [6.45, 7) is 3.54. The predicted molar refractivity (Wildman–Crippen MR) is 65.6 cm³/mol. The van der Waals surface area contributed by atoms with Gasteiger partial charge in [0.1, 0.15) is 5.82 Å². The summed E-state index contributed by atoms with van der Waals surface area (Å²) in [7, 11) is 1.96. The molecule has 1 aliphatic heterocycles. The molecule has 2 N–H and O–H groups in total. The second kappa shape index (κ2) is 4.87. The first-order valence-corrected chi connectivity index (χ1v) is 6.11. The van der Waals surface area contributed by atoms with Gasteiger partial charge in [0.25, 0.3) is 0 Å². The second-order valence-corrected chi connectivity index (χ2v) is 4.82. The van der Waals surface area contributed by atoms with Gasteiger partial charge >= 0.3 is 0 Å². The molecule has 94 valence electrons. The maximum absolute atomic E-state index is 12.0. The third-order valence-electron chi connectivity index (χ3n) is 3.42. The number of hydrogen-bond acceptors (Lipinski definition) is 3. The van der Waals surface area contributed by atoms with Crippen molar-refractivity contribution < 1.29 is 4.79 Å². The van der Waals surface area contributed by atoms with Gasteiger partial charge in [0, 0.05) is 32.4 Å². The van der Waals surface area contributed by atoms with Crippen LogP contribution in [-0.4, -0.2) is 34.1 Å². The van der Waals surface area contributed by atoms with Crippen molar-refractivity contribution in [2.24, 2.45) is 7.05 Å². The minimum atomic E-state index is -0.373. The van der Waals surface area contributed by atoms with Crippen molar-refractivity contribution >= 4 is 5.91 Å². The summed E-state index contributed by atoms with van der Waals surface area (Å²) in [5.74, 6) is 1.10. The number of imidazole rings is 1. The molecule has 0 bridgehead atoms. The van der Waals surface area contributed by atoms with Gasteiger partial charge in [-0.3, -0.25) is 4.79 Å². The van der Waals surface area contributed by atoms with E-state index in [9.17, 15) is 4.79 Å². The highest BCUT2D eigenvalue weighted by Gasteiger charge is 2.35. The van der Waals surface area contributed by atoms with Gasteiger partial charge in [-0.1, -0.05) is 0 Å². The molecule has 5 heteroatoms. The summed E-state index contributed by atoms with van der Waals surface area (Å²) in [5.41, 5.74) is -0.373. The molecule has 1 aromatic rings. The third-order valence-corrected chi connectivity index (χ3v) is 3.42. The van der Waals surface area contributed by atoms with Crippen LogP contribution >= 0.6 is 0 Å². The molecule has 1 unspecified atom stereocenters. The van der Waals surface area contributed by atoms with Gasteiger partial charge in [0.2, 0.25) is 5.91 Å². The van der Waals surface area contributed by atoms with Crippen LogP contribution in [0.15, 0.2) is 12.4 Å². The van der Waals surface area contributed by atoms with Gasteiger partial charge in [-0.05, 0) is 26.3 Å².